The van der Waals surface area contributed by atoms with Gasteiger partial charge in [-0.25, -0.2) is 4.79 Å². The smallest absolute Gasteiger partial charge is 0.352 e. The summed E-state index contributed by atoms with van der Waals surface area (Å²) in [6.45, 7) is 2.78. The average Bonchev–Trinajstić information content (AvgIpc) is 2.58. The number of carboxylic acid groups (broad SMARTS) is 1. The number of nitrogens with zero attached hydrogens (tertiary/aromatic N) is 1. The number of nitrogens with one attached hydrogen (secondary N) is 1. The number of carboxylic acids is 1. The summed E-state index contributed by atoms with van der Waals surface area (Å²) in [5.74, 6) is -0.862. The second-order valence-electron chi connectivity index (χ2n) is 4.06. The number of ether oxygens (including phenoxy) is 1. The van der Waals surface area contributed by atoms with E-state index in [9.17, 15) is 4.79 Å². The first-order chi connectivity index (χ1) is 7.23. The van der Waals surface area contributed by atoms with Crippen LogP contribution >= 0.6 is 0 Å². The van der Waals surface area contributed by atoms with Gasteiger partial charge in [-0.05, 0) is 12.1 Å². The van der Waals surface area contributed by atoms with Gasteiger partial charge in [0.25, 0.3) is 0 Å². The minimum Gasteiger partial charge on any atom is -0.477 e. The van der Waals surface area contributed by atoms with Crippen molar-refractivity contribution in [3.05, 3.63) is 23.5 Å². The lowest BCUT2D eigenvalue weighted by Crippen LogP contribution is -2.61. The molecule has 1 fully saturated rings. The molecule has 0 aromatic carbocycles. The Morgan fingerprint density at radius 1 is 1.53 bits per heavy atom. The Morgan fingerprint density at radius 3 is 2.93 bits per heavy atom. The molecule has 1 saturated heterocycles. The normalized spacial score (nSPS) is 22.1. The van der Waals surface area contributed by atoms with Crippen molar-refractivity contribution < 1.29 is 14.6 Å². The Labute approximate surface area is 86.6 Å². The molecule has 80 valence electrons. The molecule has 15 heavy (non-hydrogen) atoms. The van der Waals surface area contributed by atoms with Gasteiger partial charge in [-0.3, -0.25) is 0 Å². The van der Waals surface area contributed by atoms with Crippen molar-refractivity contribution in [1.29, 1.82) is 0 Å². The van der Waals surface area contributed by atoms with Gasteiger partial charge in [-0.15, -0.1) is 0 Å². The van der Waals surface area contributed by atoms with Gasteiger partial charge in [0, 0.05) is 18.8 Å². The maximum absolute atomic E-state index is 11.0. The van der Waals surface area contributed by atoms with Crippen molar-refractivity contribution in [1.82, 2.24) is 9.88 Å². The molecular weight excluding hydrogens is 196 g/mol. The van der Waals surface area contributed by atoms with E-state index in [2.05, 4.69) is 5.32 Å². The van der Waals surface area contributed by atoms with E-state index in [0.717, 1.165) is 12.2 Å². The lowest BCUT2D eigenvalue weighted by molar-refractivity contribution is -0.0878. The van der Waals surface area contributed by atoms with E-state index in [1.807, 2.05) is 10.6 Å². The van der Waals surface area contributed by atoms with Crippen molar-refractivity contribution >= 4 is 5.97 Å². The summed E-state index contributed by atoms with van der Waals surface area (Å²) in [6.07, 6.45) is 0. The molecular formula is C10H12N2O3. The number of hydrogen-bond acceptors (Lipinski definition) is 3. The Kier molecular flexibility index (Phi) is 1.69. The van der Waals surface area contributed by atoms with Crippen LogP contribution in [0, 0.1) is 0 Å². The summed E-state index contributed by atoms with van der Waals surface area (Å²) < 4.78 is 7.10. The Bertz CT molecular complexity index is 420. The van der Waals surface area contributed by atoms with Crippen molar-refractivity contribution in [2.24, 2.45) is 0 Å². The Balaban J connectivity index is 2.10. The van der Waals surface area contributed by atoms with Crippen LogP contribution in [0.3, 0.4) is 0 Å². The maximum atomic E-state index is 11.0. The summed E-state index contributed by atoms with van der Waals surface area (Å²) in [7, 11) is 0. The predicted octanol–water partition coefficient (Wildman–Crippen LogP) is 0.0150. The van der Waals surface area contributed by atoms with Crippen LogP contribution in [0.2, 0.25) is 0 Å². The minimum absolute atomic E-state index is 0.133. The third kappa shape index (κ3) is 1.07. The lowest BCUT2D eigenvalue weighted by Gasteiger charge is -2.45. The summed E-state index contributed by atoms with van der Waals surface area (Å²) in [6, 6.07) is 3.56. The first kappa shape index (κ1) is 8.94. The minimum atomic E-state index is -0.862. The Hall–Kier alpha value is -1.33. The number of carbonyl (C=O) groups is 1. The van der Waals surface area contributed by atoms with E-state index < -0.39 is 5.97 Å². The molecule has 1 aromatic heterocycles. The first-order valence-corrected chi connectivity index (χ1v) is 4.99. The van der Waals surface area contributed by atoms with Crippen LogP contribution in [-0.2, 0) is 16.8 Å². The highest BCUT2D eigenvalue weighted by molar-refractivity contribution is 5.86. The van der Waals surface area contributed by atoms with Gasteiger partial charge >= 0.3 is 5.97 Å². The number of rotatable bonds is 1. The molecule has 0 unspecified atom stereocenters. The van der Waals surface area contributed by atoms with Gasteiger partial charge in [0.05, 0.1) is 13.2 Å². The molecule has 0 saturated carbocycles. The van der Waals surface area contributed by atoms with E-state index in [0.29, 0.717) is 25.5 Å². The molecule has 3 rings (SSSR count). The fraction of sp³-hybridized carbons (Fsp3) is 0.500. The zero-order valence-electron chi connectivity index (χ0n) is 8.19. The molecule has 5 nitrogen and oxygen atoms in total. The molecule has 0 amide bonds. The molecule has 0 atom stereocenters. The molecule has 2 N–H and O–H groups in total. The van der Waals surface area contributed by atoms with Gasteiger partial charge in [0.15, 0.2) is 0 Å². The third-order valence-corrected chi connectivity index (χ3v) is 3.19. The number of hydrogen-bond donors (Lipinski definition) is 2. The number of aromatic carboxylic acids is 1. The van der Waals surface area contributed by atoms with Crippen molar-refractivity contribution in [3.8, 4) is 0 Å². The molecule has 1 spiro atoms. The molecule has 5 heteroatoms. The van der Waals surface area contributed by atoms with Gasteiger partial charge in [0.1, 0.15) is 11.2 Å². The van der Waals surface area contributed by atoms with Crippen molar-refractivity contribution in [2.45, 2.75) is 12.1 Å². The standard InChI is InChI=1S/C10H12N2O3/c13-9(14)7-1-2-8-10(5-15-6-10)11-3-4-12(7)8/h1-2,11H,3-6H2,(H,13,14). The zero-order valence-corrected chi connectivity index (χ0v) is 8.19. The molecule has 1 aromatic rings. The zero-order chi connectivity index (χ0) is 10.5. The van der Waals surface area contributed by atoms with Gasteiger partial charge in [-0.2, -0.15) is 0 Å². The van der Waals surface area contributed by atoms with Crippen molar-refractivity contribution in [2.75, 3.05) is 19.8 Å². The van der Waals surface area contributed by atoms with Gasteiger partial charge in [0.2, 0.25) is 0 Å². The fourth-order valence-electron chi connectivity index (χ4n) is 2.37. The summed E-state index contributed by atoms with van der Waals surface area (Å²) in [5.41, 5.74) is 1.28. The van der Waals surface area contributed by atoms with Crippen LogP contribution in [0.5, 0.6) is 0 Å². The first-order valence-electron chi connectivity index (χ1n) is 4.99. The van der Waals surface area contributed by atoms with E-state index in [1.165, 1.54) is 0 Å². The van der Waals surface area contributed by atoms with Crippen LogP contribution in [-0.4, -0.2) is 35.4 Å². The number of fused-ring (bicyclic) bond motifs is 2. The maximum Gasteiger partial charge on any atom is 0.352 e. The molecule has 0 radical (unpaired) electrons. The largest absolute Gasteiger partial charge is 0.477 e. The molecule has 0 aliphatic carbocycles. The highest BCUT2D eigenvalue weighted by atomic mass is 16.5. The van der Waals surface area contributed by atoms with Crippen LogP contribution in [0.4, 0.5) is 0 Å². The highest BCUT2D eigenvalue weighted by Gasteiger charge is 2.44. The lowest BCUT2D eigenvalue weighted by atomic mass is 9.91. The fourth-order valence-corrected chi connectivity index (χ4v) is 2.37. The van der Waals surface area contributed by atoms with Crippen LogP contribution in [0.15, 0.2) is 12.1 Å². The monoisotopic (exact) mass is 208 g/mol. The quantitative estimate of drug-likeness (QED) is 0.682. The average molecular weight is 208 g/mol. The van der Waals surface area contributed by atoms with E-state index in [-0.39, 0.29) is 5.54 Å². The third-order valence-electron chi connectivity index (χ3n) is 3.19. The summed E-state index contributed by atoms with van der Waals surface area (Å²) in [5, 5.41) is 12.4. The molecule has 2 aliphatic heterocycles. The predicted molar refractivity (Wildman–Crippen MR) is 51.9 cm³/mol. The van der Waals surface area contributed by atoms with Crippen LogP contribution in [0.25, 0.3) is 0 Å². The van der Waals surface area contributed by atoms with Gasteiger partial charge < -0.3 is 19.7 Å². The van der Waals surface area contributed by atoms with Crippen LogP contribution < -0.4 is 5.32 Å². The molecule has 0 bridgehead atoms. The molecule has 2 aliphatic rings. The highest BCUT2D eigenvalue weighted by Crippen LogP contribution is 2.33. The summed E-state index contributed by atoms with van der Waals surface area (Å²) >= 11 is 0. The Morgan fingerprint density at radius 2 is 2.33 bits per heavy atom. The van der Waals surface area contributed by atoms with E-state index >= 15 is 0 Å². The van der Waals surface area contributed by atoms with E-state index in [4.69, 9.17) is 9.84 Å². The topological polar surface area (TPSA) is 63.5 Å². The molecule has 3 heterocycles. The van der Waals surface area contributed by atoms with Crippen LogP contribution in [0.1, 0.15) is 16.2 Å². The SMILES string of the molecule is O=C(O)c1ccc2n1CCNC21COC1. The second kappa shape index (κ2) is 2.84. The number of aromatic nitrogens is 1. The van der Waals surface area contributed by atoms with Gasteiger partial charge in [-0.1, -0.05) is 0 Å². The van der Waals surface area contributed by atoms with Crippen molar-refractivity contribution in [3.63, 3.8) is 0 Å². The van der Waals surface area contributed by atoms with E-state index in [1.54, 1.807) is 6.07 Å². The second-order valence-corrected chi connectivity index (χ2v) is 4.06. The summed E-state index contributed by atoms with van der Waals surface area (Å²) in [4.78, 5) is 11.0.